The molecule has 2 N–H and O–H groups in total. The molecule has 2 amide bonds. The first-order valence-corrected chi connectivity index (χ1v) is 6.87. The van der Waals surface area contributed by atoms with Gasteiger partial charge in [0.2, 0.25) is 11.8 Å². The van der Waals surface area contributed by atoms with Crippen LogP contribution in [0.5, 0.6) is 0 Å². The second-order valence-corrected chi connectivity index (χ2v) is 5.45. The number of fused-ring (bicyclic) bond motifs is 1. The number of amides is 2. The normalized spacial score (nSPS) is 24.1. The zero-order valence-electron chi connectivity index (χ0n) is 10.4. The predicted octanol–water partition coefficient (Wildman–Crippen LogP) is 0.276. The van der Waals surface area contributed by atoms with Crippen LogP contribution in [-0.2, 0) is 9.59 Å². The van der Waals surface area contributed by atoms with Crippen LogP contribution in [0, 0.1) is 0 Å². The van der Waals surface area contributed by atoms with Crippen LogP contribution in [0.1, 0.15) is 32.1 Å². The lowest BCUT2D eigenvalue weighted by Gasteiger charge is -2.42. The third kappa shape index (κ3) is 2.80. The summed E-state index contributed by atoms with van der Waals surface area (Å²) < 4.78 is 0. The molecular formula is C12H19N3O2S. The molecule has 1 unspecified atom stereocenters. The molecule has 0 aromatic carbocycles. The smallest absolute Gasteiger partial charge is 0.245 e. The molecule has 5 nitrogen and oxygen atoms in total. The van der Waals surface area contributed by atoms with Crippen LogP contribution in [0.4, 0.5) is 0 Å². The number of rotatable bonds is 4. The van der Waals surface area contributed by atoms with Gasteiger partial charge in [0, 0.05) is 13.1 Å². The molecule has 0 bridgehead atoms. The van der Waals surface area contributed by atoms with Crippen LogP contribution in [0.3, 0.4) is 0 Å². The third-order valence-electron chi connectivity index (χ3n) is 3.60. The highest BCUT2D eigenvalue weighted by Gasteiger charge is 2.39. The molecule has 2 aliphatic rings. The van der Waals surface area contributed by atoms with E-state index in [1.807, 2.05) is 0 Å². The first-order chi connectivity index (χ1) is 8.59. The minimum atomic E-state index is -0.218. The van der Waals surface area contributed by atoms with Crippen molar-refractivity contribution in [2.75, 3.05) is 19.6 Å². The Morgan fingerprint density at radius 3 is 2.89 bits per heavy atom. The number of nitrogens with two attached hydrogens (primary N) is 1. The lowest BCUT2D eigenvalue weighted by atomic mass is 9.98. The SMILES string of the molecule is NC(=S)CCCN1CC(=O)N2CCCCC2C1=O. The Morgan fingerprint density at radius 2 is 2.17 bits per heavy atom. The molecule has 2 fully saturated rings. The largest absolute Gasteiger partial charge is 0.393 e. The van der Waals surface area contributed by atoms with Crippen LogP contribution in [0.25, 0.3) is 0 Å². The maximum absolute atomic E-state index is 12.2. The minimum Gasteiger partial charge on any atom is -0.393 e. The Bertz CT molecular complexity index is 372. The van der Waals surface area contributed by atoms with Crippen LogP contribution < -0.4 is 5.73 Å². The molecule has 0 radical (unpaired) electrons. The number of thiocarbonyl (C=S) groups is 1. The monoisotopic (exact) mass is 269 g/mol. The molecule has 0 aliphatic carbocycles. The first-order valence-electron chi connectivity index (χ1n) is 6.46. The summed E-state index contributed by atoms with van der Waals surface area (Å²) in [6, 6.07) is -0.218. The van der Waals surface area contributed by atoms with Crippen LogP contribution in [0.15, 0.2) is 0 Å². The number of carbonyl (C=O) groups is 2. The zero-order chi connectivity index (χ0) is 13.1. The van der Waals surface area contributed by atoms with E-state index in [-0.39, 0.29) is 24.4 Å². The van der Waals surface area contributed by atoms with Crippen LogP contribution >= 0.6 is 12.2 Å². The van der Waals surface area contributed by atoms with Gasteiger partial charge in [-0.1, -0.05) is 12.2 Å². The third-order valence-corrected chi connectivity index (χ3v) is 3.80. The fraction of sp³-hybridized carbons (Fsp3) is 0.750. The Labute approximate surface area is 112 Å². The van der Waals surface area contributed by atoms with E-state index >= 15 is 0 Å². The molecule has 2 heterocycles. The van der Waals surface area contributed by atoms with Crippen LogP contribution in [0.2, 0.25) is 0 Å². The molecule has 0 aromatic heterocycles. The Balaban J connectivity index is 1.94. The average molecular weight is 269 g/mol. The topological polar surface area (TPSA) is 66.6 Å². The zero-order valence-corrected chi connectivity index (χ0v) is 11.2. The van der Waals surface area contributed by atoms with E-state index in [0.717, 1.165) is 32.2 Å². The molecule has 100 valence electrons. The molecule has 2 rings (SSSR count). The van der Waals surface area contributed by atoms with Gasteiger partial charge in [0.05, 0.1) is 11.5 Å². The molecular weight excluding hydrogens is 250 g/mol. The second kappa shape index (κ2) is 5.65. The van der Waals surface area contributed by atoms with E-state index in [4.69, 9.17) is 18.0 Å². The van der Waals surface area contributed by atoms with Gasteiger partial charge in [-0.05, 0) is 32.1 Å². The van der Waals surface area contributed by atoms with Gasteiger partial charge in [0.1, 0.15) is 6.04 Å². The van der Waals surface area contributed by atoms with E-state index in [9.17, 15) is 9.59 Å². The first kappa shape index (κ1) is 13.3. The summed E-state index contributed by atoms with van der Waals surface area (Å²) >= 11 is 4.81. The summed E-state index contributed by atoms with van der Waals surface area (Å²) in [7, 11) is 0. The van der Waals surface area contributed by atoms with Crippen molar-refractivity contribution >= 4 is 29.0 Å². The molecule has 0 aromatic rings. The van der Waals surface area contributed by atoms with Gasteiger partial charge in [-0.25, -0.2) is 0 Å². The minimum absolute atomic E-state index is 0.0784. The van der Waals surface area contributed by atoms with Gasteiger partial charge in [-0.15, -0.1) is 0 Å². The molecule has 2 saturated heterocycles. The van der Waals surface area contributed by atoms with E-state index in [2.05, 4.69) is 0 Å². The van der Waals surface area contributed by atoms with E-state index < -0.39 is 0 Å². The Hall–Kier alpha value is -1.17. The summed E-state index contributed by atoms with van der Waals surface area (Å²) in [4.78, 5) is 28.1. The summed E-state index contributed by atoms with van der Waals surface area (Å²) in [5.74, 6) is 0.173. The van der Waals surface area contributed by atoms with E-state index in [1.165, 1.54) is 0 Å². The van der Waals surface area contributed by atoms with Crippen LogP contribution in [-0.4, -0.2) is 52.3 Å². The summed E-state index contributed by atoms with van der Waals surface area (Å²) in [5, 5.41) is 0. The lowest BCUT2D eigenvalue weighted by molar-refractivity contribution is -0.157. The quantitative estimate of drug-likeness (QED) is 0.744. The second-order valence-electron chi connectivity index (χ2n) is 4.93. The van der Waals surface area contributed by atoms with Crippen molar-refractivity contribution in [1.29, 1.82) is 0 Å². The Kier molecular flexibility index (Phi) is 4.16. The number of hydrogen-bond donors (Lipinski definition) is 1. The van der Waals surface area contributed by atoms with Gasteiger partial charge >= 0.3 is 0 Å². The van der Waals surface area contributed by atoms with Crippen molar-refractivity contribution in [3.8, 4) is 0 Å². The number of hydrogen-bond acceptors (Lipinski definition) is 3. The summed E-state index contributed by atoms with van der Waals surface area (Å²) in [5.41, 5.74) is 5.43. The molecule has 1 atom stereocenters. The molecule has 0 saturated carbocycles. The summed E-state index contributed by atoms with van der Waals surface area (Å²) in [6.45, 7) is 1.52. The van der Waals surface area contributed by atoms with E-state index in [0.29, 0.717) is 18.0 Å². The van der Waals surface area contributed by atoms with Crippen molar-refractivity contribution in [3.05, 3.63) is 0 Å². The van der Waals surface area contributed by atoms with Gasteiger partial charge in [0.15, 0.2) is 0 Å². The Morgan fingerprint density at radius 1 is 1.39 bits per heavy atom. The fourth-order valence-corrected chi connectivity index (χ4v) is 2.81. The number of piperazine rings is 1. The van der Waals surface area contributed by atoms with Crippen molar-refractivity contribution in [3.63, 3.8) is 0 Å². The van der Waals surface area contributed by atoms with Gasteiger partial charge < -0.3 is 15.5 Å². The molecule has 18 heavy (non-hydrogen) atoms. The maximum atomic E-state index is 12.2. The number of nitrogens with zero attached hydrogens (tertiary/aromatic N) is 2. The molecule has 6 heteroatoms. The molecule has 2 aliphatic heterocycles. The maximum Gasteiger partial charge on any atom is 0.245 e. The molecule has 0 spiro atoms. The highest BCUT2D eigenvalue weighted by molar-refractivity contribution is 7.80. The van der Waals surface area contributed by atoms with Gasteiger partial charge in [-0.2, -0.15) is 0 Å². The van der Waals surface area contributed by atoms with E-state index in [1.54, 1.807) is 9.80 Å². The standard InChI is InChI=1S/C12H19N3O2S/c13-10(18)5-3-6-14-8-11(16)15-7-2-1-4-9(15)12(14)17/h9H,1-8H2,(H2,13,18). The van der Waals surface area contributed by atoms with Crippen molar-refractivity contribution in [2.24, 2.45) is 5.73 Å². The fourth-order valence-electron chi connectivity index (χ4n) is 2.66. The highest BCUT2D eigenvalue weighted by atomic mass is 32.1. The van der Waals surface area contributed by atoms with Crippen molar-refractivity contribution in [1.82, 2.24) is 9.80 Å². The van der Waals surface area contributed by atoms with Gasteiger partial charge in [0.25, 0.3) is 0 Å². The highest BCUT2D eigenvalue weighted by Crippen LogP contribution is 2.23. The average Bonchev–Trinajstić information content (AvgIpc) is 2.35. The lowest BCUT2D eigenvalue weighted by Crippen LogP contribution is -2.61. The van der Waals surface area contributed by atoms with Crippen molar-refractivity contribution in [2.45, 2.75) is 38.1 Å². The predicted molar refractivity (Wildman–Crippen MR) is 72.0 cm³/mol. The summed E-state index contributed by atoms with van der Waals surface area (Å²) in [6.07, 6.45) is 4.21. The van der Waals surface area contributed by atoms with Gasteiger partial charge in [-0.3, -0.25) is 9.59 Å². The van der Waals surface area contributed by atoms with Crippen molar-refractivity contribution < 1.29 is 9.59 Å². The number of carbonyl (C=O) groups excluding carboxylic acids is 2. The number of piperidine rings is 1.